The Morgan fingerprint density at radius 1 is 1.54 bits per heavy atom. The van der Waals surface area contributed by atoms with Gasteiger partial charge in [0.2, 0.25) is 5.91 Å². The Hall–Kier alpha value is -0.610. The van der Waals surface area contributed by atoms with E-state index in [2.05, 4.69) is 17.1 Å². The van der Waals surface area contributed by atoms with Crippen molar-refractivity contribution in [2.45, 2.75) is 19.8 Å². The Labute approximate surface area is 80.5 Å². The van der Waals surface area contributed by atoms with Crippen LogP contribution in [0, 0.1) is 0 Å². The molecule has 0 aliphatic carbocycles. The fourth-order valence-corrected chi connectivity index (χ4v) is 0.895. The highest BCUT2D eigenvalue weighted by Crippen LogP contribution is 1.85. The van der Waals surface area contributed by atoms with Gasteiger partial charge in [0.25, 0.3) is 0 Å². The van der Waals surface area contributed by atoms with Crippen LogP contribution in [0.15, 0.2) is 0 Å². The number of carbonyl (C=O) groups is 1. The van der Waals surface area contributed by atoms with Crippen molar-refractivity contribution in [3.63, 3.8) is 0 Å². The van der Waals surface area contributed by atoms with E-state index in [1.165, 1.54) is 0 Å². The second-order valence-corrected chi connectivity index (χ2v) is 3.14. The maximum absolute atomic E-state index is 11.1. The summed E-state index contributed by atoms with van der Waals surface area (Å²) in [6.45, 7) is 5.33. The van der Waals surface area contributed by atoms with E-state index in [4.69, 9.17) is 5.73 Å². The third-order valence-corrected chi connectivity index (χ3v) is 1.96. The van der Waals surface area contributed by atoms with Crippen LogP contribution in [0.2, 0.25) is 0 Å². The zero-order chi connectivity index (χ0) is 10.1. The van der Waals surface area contributed by atoms with Gasteiger partial charge in [0, 0.05) is 19.5 Å². The highest BCUT2D eigenvalue weighted by atomic mass is 16.1. The Morgan fingerprint density at radius 3 is 2.77 bits per heavy atom. The van der Waals surface area contributed by atoms with Gasteiger partial charge < -0.3 is 16.0 Å². The molecule has 1 amide bonds. The lowest BCUT2D eigenvalue weighted by Gasteiger charge is -2.13. The second-order valence-electron chi connectivity index (χ2n) is 3.14. The fraction of sp³-hybridized carbons (Fsp3) is 0.889. The van der Waals surface area contributed by atoms with Crippen LogP contribution in [0.5, 0.6) is 0 Å². The molecule has 0 aliphatic heterocycles. The minimum atomic E-state index is 0.106. The Morgan fingerprint density at radius 2 is 2.23 bits per heavy atom. The Balaban J connectivity index is 3.26. The molecule has 3 N–H and O–H groups in total. The maximum Gasteiger partial charge on any atom is 0.220 e. The van der Waals surface area contributed by atoms with Crippen LogP contribution in [-0.4, -0.2) is 44.0 Å². The summed E-state index contributed by atoms with van der Waals surface area (Å²) in [6.07, 6.45) is 1.32. The molecule has 0 bridgehead atoms. The molecule has 0 radical (unpaired) electrons. The number of amides is 1. The molecule has 0 aliphatic rings. The van der Waals surface area contributed by atoms with Gasteiger partial charge in [0.05, 0.1) is 0 Å². The average Bonchev–Trinajstić information content (AvgIpc) is 2.14. The molecule has 0 atom stereocenters. The lowest BCUT2D eigenvalue weighted by atomic mass is 10.3. The third kappa shape index (κ3) is 7.74. The van der Waals surface area contributed by atoms with Gasteiger partial charge >= 0.3 is 0 Å². The molecule has 78 valence electrons. The number of carbonyl (C=O) groups excluding carboxylic acids is 1. The number of hydrogen-bond donors (Lipinski definition) is 2. The molecule has 4 heteroatoms. The van der Waals surface area contributed by atoms with Gasteiger partial charge in [-0.05, 0) is 26.6 Å². The van der Waals surface area contributed by atoms with Crippen molar-refractivity contribution in [2.24, 2.45) is 5.73 Å². The first-order valence-electron chi connectivity index (χ1n) is 4.86. The van der Waals surface area contributed by atoms with Crippen LogP contribution in [-0.2, 0) is 4.79 Å². The Kier molecular flexibility index (Phi) is 7.63. The van der Waals surface area contributed by atoms with Crippen LogP contribution in [0.1, 0.15) is 19.8 Å². The first-order valence-corrected chi connectivity index (χ1v) is 4.86. The molecule has 0 saturated carbocycles. The molecule has 0 aromatic rings. The highest BCUT2D eigenvalue weighted by molar-refractivity contribution is 5.75. The van der Waals surface area contributed by atoms with E-state index in [0.29, 0.717) is 13.0 Å². The Bertz CT molecular complexity index is 139. The largest absolute Gasteiger partial charge is 0.355 e. The van der Waals surface area contributed by atoms with E-state index in [9.17, 15) is 4.79 Å². The van der Waals surface area contributed by atoms with Gasteiger partial charge in [-0.1, -0.05) is 6.92 Å². The standard InChI is InChI=1S/C9H21N3O/c1-3-12(2)8-7-11-9(13)5-4-6-10/h3-8,10H2,1-2H3,(H,11,13). The molecule has 0 fully saturated rings. The van der Waals surface area contributed by atoms with Crippen molar-refractivity contribution in [3.8, 4) is 0 Å². The molecule has 0 spiro atoms. The first-order chi connectivity index (χ1) is 6.20. The number of rotatable bonds is 7. The second kappa shape index (κ2) is 8.01. The summed E-state index contributed by atoms with van der Waals surface area (Å²) in [5.41, 5.74) is 5.29. The van der Waals surface area contributed by atoms with E-state index in [0.717, 1.165) is 26.1 Å². The fourth-order valence-electron chi connectivity index (χ4n) is 0.895. The predicted octanol–water partition coefficient (Wildman–Crippen LogP) is -0.207. The van der Waals surface area contributed by atoms with Gasteiger partial charge in [-0.15, -0.1) is 0 Å². The number of nitrogens with two attached hydrogens (primary N) is 1. The van der Waals surface area contributed by atoms with Crippen molar-refractivity contribution < 1.29 is 4.79 Å². The lowest BCUT2D eigenvalue weighted by Crippen LogP contribution is -2.32. The number of nitrogens with zero attached hydrogens (tertiary/aromatic N) is 1. The SMILES string of the molecule is CCN(C)CCNC(=O)CCCN. The van der Waals surface area contributed by atoms with Crippen LogP contribution >= 0.6 is 0 Å². The highest BCUT2D eigenvalue weighted by Gasteiger charge is 1.99. The van der Waals surface area contributed by atoms with E-state index >= 15 is 0 Å². The number of hydrogen-bond acceptors (Lipinski definition) is 3. The number of nitrogens with one attached hydrogen (secondary N) is 1. The predicted molar refractivity (Wildman–Crippen MR) is 54.5 cm³/mol. The van der Waals surface area contributed by atoms with Crippen molar-refractivity contribution in [1.82, 2.24) is 10.2 Å². The van der Waals surface area contributed by atoms with Crippen LogP contribution < -0.4 is 11.1 Å². The van der Waals surface area contributed by atoms with Crippen LogP contribution in [0.25, 0.3) is 0 Å². The van der Waals surface area contributed by atoms with Gasteiger partial charge in [0.15, 0.2) is 0 Å². The summed E-state index contributed by atoms with van der Waals surface area (Å²) in [5, 5.41) is 2.85. The van der Waals surface area contributed by atoms with Crippen LogP contribution in [0.4, 0.5) is 0 Å². The van der Waals surface area contributed by atoms with Gasteiger partial charge in [-0.25, -0.2) is 0 Å². The maximum atomic E-state index is 11.1. The molecule has 13 heavy (non-hydrogen) atoms. The molecule has 0 heterocycles. The summed E-state index contributed by atoms with van der Waals surface area (Å²) in [6, 6.07) is 0. The minimum absolute atomic E-state index is 0.106. The van der Waals surface area contributed by atoms with Crippen molar-refractivity contribution in [3.05, 3.63) is 0 Å². The van der Waals surface area contributed by atoms with Crippen LogP contribution in [0.3, 0.4) is 0 Å². The normalized spacial score (nSPS) is 10.5. The van der Waals surface area contributed by atoms with Gasteiger partial charge in [0.1, 0.15) is 0 Å². The molecule has 0 aromatic carbocycles. The number of likely N-dealkylation sites (N-methyl/N-ethyl adjacent to an activating group) is 1. The summed E-state index contributed by atoms with van der Waals surface area (Å²) in [5.74, 6) is 0.106. The van der Waals surface area contributed by atoms with Crippen molar-refractivity contribution in [2.75, 3.05) is 33.2 Å². The third-order valence-electron chi connectivity index (χ3n) is 1.96. The molecular weight excluding hydrogens is 166 g/mol. The van der Waals surface area contributed by atoms with E-state index in [-0.39, 0.29) is 5.91 Å². The van der Waals surface area contributed by atoms with Crippen molar-refractivity contribution >= 4 is 5.91 Å². The smallest absolute Gasteiger partial charge is 0.220 e. The zero-order valence-electron chi connectivity index (χ0n) is 8.68. The van der Waals surface area contributed by atoms with Gasteiger partial charge in [-0.3, -0.25) is 4.79 Å². The summed E-state index contributed by atoms with van der Waals surface area (Å²) in [4.78, 5) is 13.2. The quantitative estimate of drug-likeness (QED) is 0.580. The van der Waals surface area contributed by atoms with E-state index < -0.39 is 0 Å². The van der Waals surface area contributed by atoms with Gasteiger partial charge in [-0.2, -0.15) is 0 Å². The average molecular weight is 187 g/mol. The molecule has 0 saturated heterocycles. The summed E-state index contributed by atoms with van der Waals surface area (Å²) < 4.78 is 0. The summed E-state index contributed by atoms with van der Waals surface area (Å²) in [7, 11) is 2.03. The monoisotopic (exact) mass is 187 g/mol. The zero-order valence-corrected chi connectivity index (χ0v) is 8.68. The molecular formula is C9H21N3O. The molecule has 0 rings (SSSR count). The lowest BCUT2D eigenvalue weighted by molar-refractivity contribution is -0.121. The molecule has 0 aromatic heterocycles. The first kappa shape index (κ1) is 12.4. The van der Waals surface area contributed by atoms with E-state index in [1.807, 2.05) is 7.05 Å². The molecule has 4 nitrogen and oxygen atoms in total. The van der Waals surface area contributed by atoms with E-state index in [1.54, 1.807) is 0 Å². The van der Waals surface area contributed by atoms with Crippen molar-refractivity contribution in [1.29, 1.82) is 0 Å². The molecule has 0 unspecified atom stereocenters. The minimum Gasteiger partial charge on any atom is -0.355 e. The summed E-state index contributed by atoms with van der Waals surface area (Å²) >= 11 is 0. The topological polar surface area (TPSA) is 58.4 Å².